The zero-order valence-corrected chi connectivity index (χ0v) is 7.36. The van der Waals surface area contributed by atoms with Crippen LogP contribution in [0.4, 0.5) is 0 Å². The fourth-order valence-electron chi connectivity index (χ4n) is 1.26. The molecule has 2 atom stereocenters. The summed E-state index contributed by atoms with van der Waals surface area (Å²) < 4.78 is 0. The summed E-state index contributed by atoms with van der Waals surface area (Å²) in [4.78, 5) is 12.0. The average molecular weight is 187 g/mol. The second-order valence-electron chi connectivity index (χ2n) is 2.77. The van der Waals surface area contributed by atoms with E-state index >= 15 is 0 Å². The minimum Gasteiger partial charge on any atom is -0.281 e. The van der Waals surface area contributed by atoms with E-state index < -0.39 is 0 Å². The van der Waals surface area contributed by atoms with E-state index in [2.05, 4.69) is 6.07 Å². The molecule has 0 unspecified atom stereocenters. The zero-order valence-electron chi connectivity index (χ0n) is 5.79. The molecular formula is C8H7ClOS. The van der Waals surface area contributed by atoms with Gasteiger partial charge in [-0.2, -0.15) is 0 Å². The predicted molar refractivity (Wildman–Crippen MR) is 46.0 cm³/mol. The van der Waals surface area contributed by atoms with Gasteiger partial charge >= 0.3 is 0 Å². The molecule has 1 aromatic rings. The third-order valence-corrected chi connectivity index (χ3v) is 3.28. The highest BCUT2D eigenvalue weighted by atomic mass is 35.5. The molecule has 0 aromatic carbocycles. The van der Waals surface area contributed by atoms with Gasteiger partial charge in [-0.05, 0) is 29.5 Å². The standard InChI is InChI=1S/C8H7ClOS/c9-8(10)6-4-5(6)7-2-1-3-11-7/h1-3,5-6H,4H2/t5-,6-/m1/s1. The van der Waals surface area contributed by atoms with Crippen molar-refractivity contribution in [2.24, 2.45) is 5.92 Å². The summed E-state index contributed by atoms with van der Waals surface area (Å²) in [6.07, 6.45) is 0.947. The molecule has 11 heavy (non-hydrogen) atoms. The van der Waals surface area contributed by atoms with Crippen molar-refractivity contribution in [3.05, 3.63) is 22.4 Å². The lowest BCUT2D eigenvalue weighted by molar-refractivity contribution is -0.112. The molecule has 0 N–H and O–H groups in total. The van der Waals surface area contributed by atoms with E-state index in [-0.39, 0.29) is 11.2 Å². The van der Waals surface area contributed by atoms with Gasteiger partial charge in [0.25, 0.3) is 0 Å². The van der Waals surface area contributed by atoms with Crippen LogP contribution in [0.15, 0.2) is 17.5 Å². The first-order valence-corrected chi connectivity index (χ1v) is 4.77. The Morgan fingerprint density at radius 2 is 2.55 bits per heavy atom. The molecule has 1 aliphatic rings. The van der Waals surface area contributed by atoms with Crippen molar-refractivity contribution < 1.29 is 4.79 Å². The van der Waals surface area contributed by atoms with Gasteiger partial charge in [-0.1, -0.05) is 6.07 Å². The average Bonchev–Trinajstić information content (AvgIpc) is 2.60. The number of halogens is 1. The third kappa shape index (κ3) is 1.33. The monoisotopic (exact) mass is 186 g/mol. The molecule has 1 aliphatic carbocycles. The molecule has 1 nitrogen and oxygen atoms in total. The Morgan fingerprint density at radius 1 is 1.73 bits per heavy atom. The van der Waals surface area contributed by atoms with Crippen molar-refractivity contribution >= 4 is 28.2 Å². The molecule has 1 heterocycles. The molecule has 3 heteroatoms. The van der Waals surface area contributed by atoms with Crippen LogP contribution in [-0.2, 0) is 4.79 Å². The second-order valence-corrected chi connectivity index (χ2v) is 4.12. The van der Waals surface area contributed by atoms with Crippen LogP contribution >= 0.6 is 22.9 Å². The van der Waals surface area contributed by atoms with Gasteiger partial charge in [-0.25, -0.2) is 0 Å². The van der Waals surface area contributed by atoms with E-state index in [0.29, 0.717) is 5.92 Å². The highest BCUT2D eigenvalue weighted by Gasteiger charge is 2.43. The number of carbonyl (C=O) groups is 1. The molecule has 58 valence electrons. The minimum absolute atomic E-state index is 0.107. The molecular weight excluding hydrogens is 180 g/mol. The molecule has 2 rings (SSSR count). The van der Waals surface area contributed by atoms with Gasteiger partial charge in [0.05, 0.1) is 0 Å². The summed E-state index contributed by atoms with van der Waals surface area (Å²) in [6, 6.07) is 4.07. The van der Waals surface area contributed by atoms with E-state index in [1.54, 1.807) is 11.3 Å². The molecule has 0 radical (unpaired) electrons. The molecule has 0 spiro atoms. The smallest absolute Gasteiger partial charge is 0.225 e. The van der Waals surface area contributed by atoms with Crippen LogP contribution in [-0.4, -0.2) is 5.24 Å². The Morgan fingerprint density at radius 3 is 3.00 bits per heavy atom. The summed E-state index contributed by atoms with van der Waals surface area (Å²) >= 11 is 7.06. The Hall–Kier alpha value is -0.340. The van der Waals surface area contributed by atoms with E-state index in [1.165, 1.54) is 4.88 Å². The maximum atomic E-state index is 10.7. The Labute approximate surface area is 74.0 Å². The lowest BCUT2D eigenvalue weighted by Crippen LogP contribution is -1.89. The van der Waals surface area contributed by atoms with Gasteiger partial charge in [0, 0.05) is 16.7 Å². The number of thiophene rings is 1. The van der Waals surface area contributed by atoms with Crippen molar-refractivity contribution in [3.63, 3.8) is 0 Å². The highest BCUT2D eigenvalue weighted by Crippen LogP contribution is 2.50. The molecule has 0 amide bonds. The Kier molecular flexibility index (Phi) is 1.74. The first kappa shape index (κ1) is 7.32. The SMILES string of the molecule is O=C(Cl)[C@@H]1C[C@H]1c1cccs1. The Balaban J connectivity index is 2.08. The van der Waals surface area contributed by atoms with Gasteiger partial charge in [-0.3, -0.25) is 4.79 Å². The van der Waals surface area contributed by atoms with Gasteiger partial charge in [0.15, 0.2) is 0 Å². The van der Waals surface area contributed by atoms with Crippen molar-refractivity contribution in [1.29, 1.82) is 0 Å². The van der Waals surface area contributed by atoms with Crippen LogP contribution in [0, 0.1) is 5.92 Å². The molecule has 0 aliphatic heterocycles. The largest absolute Gasteiger partial charge is 0.281 e. The normalized spacial score (nSPS) is 28.5. The number of hydrogen-bond donors (Lipinski definition) is 0. The molecule has 0 bridgehead atoms. The van der Waals surface area contributed by atoms with Gasteiger partial charge < -0.3 is 0 Å². The van der Waals surface area contributed by atoms with E-state index in [1.807, 2.05) is 11.4 Å². The van der Waals surface area contributed by atoms with E-state index in [9.17, 15) is 4.79 Å². The molecule has 1 saturated carbocycles. The molecule has 1 fully saturated rings. The van der Waals surface area contributed by atoms with Crippen LogP contribution in [0.3, 0.4) is 0 Å². The lowest BCUT2D eigenvalue weighted by atomic mass is 10.3. The van der Waals surface area contributed by atoms with Crippen molar-refractivity contribution in [2.45, 2.75) is 12.3 Å². The van der Waals surface area contributed by atoms with Crippen molar-refractivity contribution in [3.8, 4) is 0 Å². The maximum absolute atomic E-state index is 10.7. The molecule has 0 saturated heterocycles. The van der Waals surface area contributed by atoms with Crippen LogP contribution in [0.1, 0.15) is 17.2 Å². The summed E-state index contributed by atoms with van der Waals surface area (Å²) in [5.74, 6) is 0.537. The van der Waals surface area contributed by atoms with Crippen molar-refractivity contribution in [1.82, 2.24) is 0 Å². The Bertz CT molecular complexity index is 268. The van der Waals surface area contributed by atoms with Crippen LogP contribution in [0.25, 0.3) is 0 Å². The van der Waals surface area contributed by atoms with E-state index in [4.69, 9.17) is 11.6 Å². The zero-order chi connectivity index (χ0) is 7.84. The number of rotatable bonds is 2. The number of carbonyl (C=O) groups excluding carboxylic acids is 1. The van der Waals surface area contributed by atoms with Crippen LogP contribution in [0.2, 0.25) is 0 Å². The maximum Gasteiger partial charge on any atom is 0.225 e. The second kappa shape index (κ2) is 2.61. The summed E-state index contributed by atoms with van der Waals surface area (Å²) in [5.41, 5.74) is 0. The number of hydrogen-bond acceptors (Lipinski definition) is 2. The van der Waals surface area contributed by atoms with E-state index in [0.717, 1.165) is 6.42 Å². The van der Waals surface area contributed by atoms with Crippen LogP contribution < -0.4 is 0 Å². The third-order valence-electron chi connectivity index (χ3n) is 1.99. The van der Waals surface area contributed by atoms with Crippen LogP contribution in [0.5, 0.6) is 0 Å². The van der Waals surface area contributed by atoms with Gasteiger partial charge in [-0.15, -0.1) is 11.3 Å². The fraction of sp³-hybridized carbons (Fsp3) is 0.375. The van der Waals surface area contributed by atoms with Crippen molar-refractivity contribution in [2.75, 3.05) is 0 Å². The van der Waals surface area contributed by atoms with Gasteiger partial charge in [0.1, 0.15) is 0 Å². The fourth-order valence-corrected chi connectivity index (χ4v) is 2.41. The molecule has 1 aromatic heterocycles. The topological polar surface area (TPSA) is 17.1 Å². The summed E-state index contributed by atoms with van der Waals surface area (Å²) in [5, 5.41) is 1.85. The highest BCUT2D eigenvalue weighted by molar-refractivity contribution is 7.10. The lowest BCUT2D eigenvalue weighted by Gasteiger charge is -1.88. The first-order valence-electron chi connectivity index (χ1n) is 3.52. The van der Waals surface area contributed by atoms with Gasteiger partial charge in [0.2, 0.25) is 5.24 Å². The minimum atomic E-state index is -0.177. The summed E-state index contributed by atoms with van der Waals surface area (Å²) in [7, 11) is 0. The quantitative estimate of drug-likeness (QED) is 0.649. The summed E-state index contributed by atoms with van der Waals surface area (Å²) in [6.45, 7) is 0. The predicted octanol–water partition coefficient (Wildman–Crippen LogP) is 2.62. The first-order chi connectivity index (χ1) is 5.29.